The molecule has 272 valence electrons. The van der Waals surface area contributed by atoms with Gasteiger partial charge in [0.1, 0.15) is 39.7 Å². The van der Waals surface area contributed by atoms with E-state index in [-0.39, 0.29) is 39.5 Å². The number of carbonyl (C=O) groups is 2. The van der Waals surface area contributed by atoms with Gasteiger partial charge in [-0.3, -0.25) is 4.79 Å². The Morgan fingerprint density at radius 2 is 1.21 bits per heavy atom. The maximum Gasteiger partial charge on any atom is 0.331 e. The van der Waals surface area contributed by atoms with Gasteiger partial charge < -0.3 is 54.0 Å². The Hall–Kier alpha value is -6.77. The number of hydrogen-bond donors (Lipinski definition) is 6. The topological polar surface area (TPSA) is 223 Å². The average molecular weight is 725 g/mol. The van der Waals surface area contributed by atoms with Crippen molar-refractivity contribution in [3.8, 4) is 45.8 Å². The van der Waals surface area contributed by atoms with E-state index in [1.54, 1.807) is 24.3 Å². The lowest BCUT2D eigenvalue weighted by atomic mass is 9.99. The Labute approximate surface area is 300 Å². The largest absolute Gasteiger partial charge is 0.508 e. The van der Waals surface area contributed by atoms with Gasteiger partial charge in [-0.05, 0) is 78.7 Å². The lowest BCUT2D eigenvalue weighted by Gasteiger charge is -2.41. The molecule has 6 rings (SSSR count). The summed E-state index contributed by atoms with van der Waals surface area (Å²) in [5.41, 5.74) is 0.177. The fraction of sp³-hybridized carbons (Fsp3) is 0.154. The third kappa shape index (κ3) is 8.25. The van der Waals surface area contributed by atoms with Crippen LogP contribution in [-0.4, -0.2) is 73.3 Å². The van der Waals surface area contributed by atoms with E-state index < -0.39 is 65.3 Å². The van der Waals surface area contributed by atoms with Crippen LogP contribution in [0.2, 0.25) is 0 Å². The quantitative estimate of drug-likeness (QED) is 0.0894. The normalized spacial score (nSPS) is 20.1. The molecule has 0 aliphatic carbocycles. The van der Waals surface area contributed by atoms with Gasteiger partial charge in [0.25, 0.3) is 0 Å². The number of phenolic OH excluding ortho intramolecular Hbond substituents is 5. The summed E-state index contributed by atoms with van der Waals surface area (Å²) < 4.78 is 29.0. The first kappa shape index (κ1) is 36.0. The molecule has 1 fully saturated rings. The van der Waals surface area contributed by atoms with E-state index in [2.05, 4.69) is 0 Å². The van der Waals surface area contributed by atoms with Gasteiger partial charge in [-0.2, -0.15) is 0 Å². The number of aromatic hydroxyl groups is 5. The molecule has 5 aromatic rings. The number of aliphatic hydroxyl groups excluding tert-OH is 1. The van der Waals surface area contributed by atoms with Gasteiger partial charge in [-0.1, -0.05) is 24.3 Å². The van der Waals surface area contributed by atoms with Crippen molar-refractivity contribution >= 4 is 35.1 Å². The van der Waals surface area contributed by atoms with Gasteiger partial charge in [-0.25, -0.2) is 9.59 Å². The third-order valence-corrected chi connectivity index (χ3v) is 8.15. The van der Waals surface area contributed by atoms with Crippen LogP contribution in [-0.2, 0) is 23.8 Å². The average Bonchev–Trinajstić information content (AvgIpc) is 3.12. The predicted octanol–water partition coefficient (Wildman–Crippen LogP) is 4.72. The molecule has 0 amide bonds. The summed E-state index contributed by atoms with van der Waals surface area (Å²) in [6.45, 7) is 1.45. The van der Waals surface area contributed by atoms with Crippen molar-refractivity contribution in [2.45, 2.75) is 37.6 Å². The highest BCUT2D eigenvalue weighted by atomic mass is 16.7. The second-order valence-electron chi connectivity index (χ2n) is 11.9. The van der Waals surface area contributed by atoms with Gasteiger partial charge in [-0.15, -0.1) is 0 Å². The fourth-order valence-corrected chi connectivity index (χ4v) is 5.52. The Kier molecular flexibility index (Phi) is 10.4. The maximum absolute atomic E-state index is 13.9. The van der Waals surface area contributed by atoms with Crippen molar-refractivity contribution in [2.24, 2.45) is 0 Å². The summed E-state index contributed by atoms with van der Waals surface area (Å²) in [5, 5.41) is 60.8. The number of hydrogen-bond acceptors (Lipinski definition) is 14. The summed E-state index contributed by atoms with van der Waals surface area (Å²) in [6, 6.07) is 19.3. The molecule has 5 atom stereocenters. The maximum atomic E-state index is 13.9. The molecule has 0 spiro atoms. The molecule has 4 aromatic carbocycles. The fourth-order valence-electron chi connectivity index (χ4n) is 5.52. The molecule has 0 saturated carbocycles. The molecule has 1 aliphatic heterocycles. The number of carbonyl (C=O) groups excluding carboxylic acids is 2. The van der Waals surface area contributed by atoms with Gasteiger partial charge in [0, 0.05) is 29.8 Å². The summed E-state index contributed by atoms with van der Waals surface area (Å²) >= 11 is 0. The molecule has 0 radical (unpaired) electrons. The second kappa shape index (κ2) is 15.2. The minimum atomic E-state index is -1.91. The third-order valence-electron chi connectivity index (χ3n) is 8.15. The molecular formula is C39H32O14. The van der Waals surface area contributed by atoms with Crippen molar-refractivity contribution in [3.63, 3.8) is 0 Å². The Morgan fingerprint density at radius 3 is 1.75 bits per heavy atom. The van der Waals surface area contributed by atoms with Crippen LogP contribution in [0.3, 0.4) is 0 Å². The first-order chi connectivity index (χ1) is 25.4. The number of esters is 2. The van der Waals surface area contributed by atoms with E-state index in [0.29, 0.717) is 11.1 Å². The van der Waals surface area contributed by atoms with E-state index in [9.17, 15) is 45.0 Å². The standard InChI is InChI=1S/C39H32O14/c1-20-35(51-30(45)16-6-21-2-10-24(40)11-3-21)38(52-31(46)17-7-22-4-12-25(41)13-5-22)34(48)39(49-20)53-37-33(47)32-28(44)18-27(43)19-29(32)50-36(37)23-8-14-26(42)15-9-23/h2-20,34-35,38-44,48H,1H3/b16-6+,17-7+/t20?,34-,35-,38?,39-/m0/s1. The Bertz CT molecular complexity index is 2240. The van der Waals surface area contributed by atoms with Crippen molar-refractivity contribution < 1.29 is 63.6 Å². The van der Waals surface area contributed by atoms with Crippen LogP contribution in [0.1, 0.15) is 18.1 Å². The highest BCUT2D eigenvalue weighted by Crippen LogP contribution is 2.38. The molecule has 1 aliphatic rings. The van der Waals surface area contributed by atoms with E-state index in [4.69, 9.17) is 23.4 Å². The van der Waals surface area contributed by atoms with Crippen molar-refractivity contribution in [1.82, 2.24) is 0 Å². The molecule has 6 N–H and O–H groups in total. The number of rotatable bonds is 9. The Morgan fingerprint density at radius 1 is 0.698 bits per heavy atom. The SMILES string of the molecule is CC1O[C@@H](Oc2c(-c3ccc(O)cc3)oc3cc(O)cc(O)c3c2=O)[C@@H](O)C(OC(=O)/C=C/c2ccc(O)cc2)[C@H]1OC(=O)/C=C/c1ccc(O)cc1. The van der Waals surface area contributed by atoms with E-state index in [1.807, 2.05) is 0 Å². The number of phenols is 5. The lowest BCUT2D eigenvalue weighted by molar-refractivity contribution is -0.275. The molecule has 53 heavy (non-hydrogen) atoms. The molecule has 0 bridgehead atoms. The predicted molar refractivity (Wildman–Crippen MR) is 188 cm³/mol. The van der Waals surface area contributed by atoms with Crippen LogP contribution >= 0.6 is 0 Å². The monoisotopic (exact) mass is 724 g/mol. The van der Waals surface area contributed by atoms with Crippen LogP contribution in [0.25, 0.3) is 34.4 Å². The summed E-state index contributed by atoms with van der Waals surface area (Å²) in [6.07, 6.45) is -2.91. The van der Waals surface area contributed by atoms with Gasteiger partial charge in [0.2, 0.25) is 17.5 Å². The van der Waals surface area contributed by atoms with Crippen molar-refractivity contribution in [3.05, 3.63) is 118 Å². The van der Waals surface area contributed by atoms with Crippen LogP contribution in [0.4, 0.5) is 0 Å². The zero-order valence-corrected chi connectivity index (χ0v) is 27.7. The first-order valence-corrected chi connectivity index (χ1v) is 16.0. The van der Waals surface area contributed by atoms with Crippen molar-refractivity contribution in [1.29, 1.82) is 0 Å². The molecule has 2 unspecified atom stereocenters. The number of ether oxygens (including phenoxy) is 4. The highest BCUT2D eigenvalue weighted by Gasteiger charge is 2.49. The van der Waals surface area contributed by atoms with Gasteiger partial charge >= 0.3 is 11.9 Å². The van der Waals surface area contributed by atoms with Gasteiger partial charge in [0.05, 0.1) is 6.10 Å². The van der Waals surface area contributed by atoms with Crippen LogP contribution < -0.4 is 10.2 Å². The Balaban J connectivity index is 1.34. The zero-order valence-electron chi connectivity index (χ0n) is 27.7. The van der Waals surface area contributed by atoms with Crippen LogP contribution in [0.5, 0.6) is 34.5 Å². The first-order valence-electron chi connectivity index (χ1n) is 16.0. The lowest BCUT2D eigenvalue weighted by Crippen LogP contribution is -2.61. The molecular weight excluding hydrogens is 692 g/mol. The smallest absolute Gasteiger partial charge is 0.331 e. The number of aliphatic hydroxyl groups is 1. The minimum absolute atomic E-state index is 0.0154. The van der Waals surface area contributed by atoms with E-state index in [0.717, 1.165) is 24.3 Å². The van der Waals surface area contributed by atoms with Gasteiger partial charge in [0.15, 0.2) is 24.1 Å². The van der Waals surface area contributed by atoms with E-state index in [1.165, 1.54) is 67.6 Å². The molecule has 14 nitrogen and oxygen atoms in total. The highest BCUT2D eigenvalue weighted by molar-refractivity contribution is 5.89. The number of fused-ring (bicyclic) bond motifs is 1. The van der Waals surface area contributed by atoms with Crippen LogP contribution in [0, 0.1) is 0 Å². The summed E-state index contributed by atoms with van der Waals surface area (Å²) in [5.74, 6) is -3.72. The molecule has 14 heteroatoms. The summed E-state index contributed by atoms with van der Waals surface area (Å²) in [7, 11) is 0. The molecule has 1 saturated heterocycles. The van der Waals surface area contributed by atoms with Crippen molar-refractivity contribution in [2.75, 3.05) is 0 Å². The van der Waals surface area contributed by atoms with E-state index >= 15 is 0 Å². The van der Waals surface area contributed by atoms with Crippen LogP contribution in [0.15, 0.2) is 106 Å². The summed E-state index contributed by atoms with van der Waals surface area (Å²) in [4.78, 5) is 40.0. The zero-order chi connectivity index (χ0) is 37.8. The number of benzene rings is 4. The minimum Gasteiger partial charge on any atom is -0.508 e. The molecule has 1 aromatic heterocycles. The second-order valence-corrected chi connectivity index (χ2v) is 11.9. The molecule has 2 heterocycles.